The largest absolute Gasteiger partial charge is 0.261 e. The van der Waals surface area contributed by atoms with E-state index in [4.69, 9.17) is 0 Å². The first-order chi connectivity index (χ1) is 8.49. The van der Waals surface area contributed by atoms with Gasteiger partial charge in [-0.05, 0) is 111 Å². The first-order valence-electron chi connectivity index (χ1n) is 6.04. The van der Waals surface area contributed by atoms with Crippen molar-refractivity contribution in [2.45, 2.75) is 32.0 Å². The summed E-state index contributed by atoms with van der Waals surface area (Å²) in [6.07, 6.45) is 6.37. The van der Waals surface area contributed by atoms with E-state index >= 15 is 0 Å². The van der Waals surface area contributed by atoms with E-state index < -0.39 is 0 Å². The molecule has 0 saturated carbocycles. The van der Waals surface area contributed by atoms with Gasteiger partial charge in [-0.2, -0.15) is 0 Å². The summed E-state index contributed by atoms with van der Waals surface area (Å²) in [4.78, 5) is 4.52. The van der Waals surface area contributed by atoms with Crippen molar-refractivity contribution >= 4 is 67.8 Å². The van der Waals surface area contributed by atoms with Crippen LogP contribution in [-0.4, -0.2) is 4.42 Å². The number of alkyl halides is 3. The lowest BCUT2D eigenvalue weighted by Gasteiger charge is -2.22. The maximum Gasteiger partial charge on any atom is 0.183 e. The smallest absolute Gasteiger partial charge is 0.183 e. The van der Waals surface area contributed by atoms with Crippen molar-refractivity contribution in [2.24, 2.45) is 5.92 Å². The molecule has 18 heavy (non-hydrogen) atoms. The van der Waals surface area contributed by atoms with Crippen LogP contribution >= 0.6 is 67.8 Å². The summed E-state index contributed by atoms with van der Waals surface area (Å²) in [7, 11) is 0. The fourth-order valence-electron chi connectivity index (χ4n) is 2.34. The molecule has 1 atom stereocenters. The molecule has 0 spiro atoms. The van der Waals surface area contributed by atoms with Crippen LogP contribution in [0.2, 0.25) is 0 Å². The van der Waals surface area contributed by atoms with E-state index in [1.54, 1.807) is 0 Å². The number of hydrogen-bond donors (Lipinski definition) is 0. The minimum Gasteiger partial charge on any atom is -0.261 e. The average Bonchev–Trinajstić information content (AvgIpc) is 2.34. The molecule has 2 rings (SSSR count). The van der Waals surface area contributed by atoms with E-state index in [0.717, 1.165) is 25.7 Å². The number of aryl methyl sites for hydroxylation is 2. The van der Waals surface area contributed by atoms with Crippen LogP contribution in [0, 0.1) is 17.8 Å². The lowest BCUT2D eigenvalue weighted by molar-refractivity contribution is 0.556. The van der Waals surface area contributed by atoms with Crippen molar-refractivity contribution in [1.82, 2.24) is 4.98 Å². The Kier molecular flexibility index (Phi) is 5.58. The maximum atomic E-state index is 4.52. The lowest BCUT2D eigenvalue weighted by atomic mass is 9.84. The fourth-order valence-corrected chi connectivity index (χ4v) is 2.81. The molecule has 0 N–H and O–H groups in total. The SMILES string of the molecule is CCc1ccnc2c1CC(C#CC(I)(I)I)CC2. The molecule has 4 heteroatoms. The monoisotopic (exact) mass is 577 g/mol. The van der Waals surface area contributed by atoms with Crippen LogP contribution < -0.4 is 0 Å². The number of halogens is 3. The Bertz CT molecular complexity index is 480. The van der Waals surface area contributed by atoms with Gasteiger partial charge in [0.05, 0.1) is 0 Å². The summed E-state index contributed by atoms with van der Waals surface area (Å²) in [5.41, 5.74) is 4.22. The van der Waals surface area contributed by atoms with Crippen molar-refractivity contribution < 1.29 is 0 Å². The Labute approximate surface area is 150 Å². The molecule has 0 saturated heterocycles. The molecule has 0 fully saturated rings. The second-order valence-electron chi connectivity index (χ2n) is 4.46. The van der Waals surface area contributed by atoms with Crippen molar-refractivity contribution in [2.75, 3.05) is 0 Å². The van der Waals surface area contributed by atoms with Crippen LogP contribution in [0.4, 0.5) is 0 Å². The highest BCUT2D eigenvalue weighted by molar-refractivity contribution is 14.3. The predicted molar refractivity (Wildman–Crippen MR) is 102 cm³/mol. The highest BCUT2D eigenvalue weighted by atomic mass is 127. The van der Waals surface area contributed by atoms with Gasteiger partial charge in [0.1, 0.15) is 0 Å². The maximum absolute atomic E-state index is 4.52. The summed E-state index contributed by atoms with van der Waals surface area (Å²) in [6, 6.07) is 2.16. The zero-order chi connectivity index (χ0) is 13.2. The highest BCUT2D eigenvalue weighted by Gasteiger charge is 2.21. The average molecular weight is 577 g/mol. The minimum atomic E-state index is 0.0239. The van der Waals surface area contributed by atoms with Gasteiger partial charge in [0, 0.05) is 17.8 Å². The molecule has 1 heterocycles. The van der Waals surface area contributed by atoms with Gasteiger partial charge in [0.25, 0.3) is 0 Å². The van der Waals surface area contributed by atoms with Crippen LogP contribution in [0.15, 0.2) is 12.3 Å². The predicted octanol–water partition coefficient (Wildman–Crippen LogP) is 4.71. The molecule has 1 nitrogen and oxygen atoms in total. The Morgan fingerprint density at radius 2 is 2.22 bits per heavy atom. The van der Waals surface area contributed by atoms with E-state index in [1.165, 1.54) is 16.8 Å². The molecule has 0 bridgehead atoms. The van der Waals surface area contributed by atoms with Gasteiger partial charge in [0.15, 0.2) is -0.565 Å². The molecular formula is C14H14I3N. The Hall–Kier alpha value is 0.900. The number of nitrogens with zero attached hydrogens (tertiary/aromatic N) is 1. The first-order valence-corrected chi connectivity index (χ1v) is 9.28. The molecule has 0 amide bonds. The van der Waals surface area contributed by atoms with Crippen LogP contribution in [0.25, 0.3) is 0 Å². The van der Waals surface area contributed by atoms with Gasteiger partial charge in [-0.1, -0.05) is 18.8 Å². The Morgan fingerprint density at radius 1 is 1.44 bits per heavy atom. The molecule has 0 aromatic carbocycles. The van der Waals surface area contributed by atoms with Crippen LogP contribution in [-0.2, 0) is 19.3 Å². The molecular weight excluding hydrogens is 563 g/mol. The molecule has 0 radical (unpaired) electrons. The minimum absolute atomic E-state index is 0.0239. The van der Waals surface area contributed by atoms with Crippen molar-refractivity contribution in [3.05, 3.63) is 29.1 Å². The zero-order valence-corrected chi connectivity index (χ0v) is 16.6. The number of fused-ring (bicyclic) bond motifs is 1. The Morgan fingerprint density at radius 3 is 2.89 bits per heavy atom. The normalized spacial score (nSPS) is 18.8. The van der Waals surface area contributed by atoms with E-state index in [2.05, 4.69) is 97.6 Å². The van der Waals surface area contributed by atoms with Crippen molar-refractivity contribution in [1.29, 1.82) is 0 Å². The van der Waals surface area contributed by atoms with Gasteiger partial charge in [0.2, 0.25) is 0 Å². The second kappa shape index (κ2) is 6.57. The third kappa shape index (κ3) is 4.20. The molecule has 96 valence electrons. The van der Waals surface area contributed by atoms with Crippen molar-refractivity contribution in [3.63, 3.8) is 0 Å². The molecule has 1 aromatic heterocycles. The zero-order valence-electron chi connectivity index (χ0n) is 10.1. The molecule has 0 aliphatic heterocycles. The van der Waals surface area contributed by atoms with E-state index in [-0.39, 0.29) is -0.565 Å². The van der Waals surface area contributed by atoms with Gasteiger partial charge >= 0.3 is 0 Å². The molecule has 1 unspecified atom stereocenters. The fraction of sp³-hybridized carbons (Fsp3) is 0.500. The number of aromatic nitrogens is 1. The highest BCUT2D eigenvalue weighted by Crippen LogP contribution is 2.35. The summed E-state index contributed by atoms with van der Waals surface area (Å²) in [5, 5.41) is 0. The van der Waals surface area contributed by atoms with Gasteiger partial charge in [-0.15, -0.1) is 0 Å². The summed E-state index contributed by atoms with van der Waals surface area (Å²) >= 11 is 7.12. The van der Waals surface area contributed by atoms with Crippen LogP contribution in [0.3, 0.4) is 0 Å². The molecule has 1 aliphatic rings. The third-order valence-electron chi connectivity index (χ3n) is 3.22. The molecule has 1 aliphatic carbocycles. The van der Waals surface area contributed by atoms with Crippen LogP contribution in [0.5, 0.6) is 0 Å². The molecule has 1 aromatic rings. The van der Waals surface area contributed by atoms with Gasteiger partial charge in [-0.3, -0.25) is 4.98 Å². The lowest BCUT2D eigenvalue weighted by Crippen LogP contribution is -2.16. The second-order valence-corrected chi connectivity index (χ2v) is 15.5. The standard InChI is InChI=1S/C14H14I3N/c1-2-11-6-8-18-13-4-3-10(9-12(11)13)5-7-14(15,16)17/h6,8,10H,2-4,9H2,1H3. The van der Waals surface area contributed by atoms with E-state index in [0.29, 0.717) is 5.92 Å². The number of hydrogen-bond acceptors (Lipinski definition) is 1. The quantitative estimate of drug-likeness (QED) is 0.268. The van der Waals surface area contributed by atoms with E-state index in [1.807, 2.05) is 6.20 Å². The van der Waals surface area contributed by atoms with Crippen LogP contribution in [0.1, 0.15) is 30.2 Å². The summed E-state index contributed by atoms with van der Waals surface area (Å²) in [6.45, 7) is 2.22. The number of pyridine rings is 1. The van der Waals surface area contributed by atoms with E-state index in [9.17, 15) is 0 Å². The van der Waals surface area contributed by atoms with Gasteiger partial charge < -0.3 is 0 Å². The van der Waals surface area contributed by atoms with Gasteiger partial charge in [-0.25, -0.2) is 0 Å². The topological polar surface area (TPSA) is 12.9 Å². The number of rotatable bonds is 1. The Balaban J connectivity index is 2.21. The summed E-state index contributed by atoms with van der Waals surface area (Å²) < 4.78 is 0.0239. The third-order valence-corrected chi connectivity index (χ3v) is 4.03. The first kappa shape index (κ1) is 15.3. The summed E-state index contributed by atoms with van der Waals surface area (Å²) in [5.74, 6) is 7.31. The van der Waals surface area contributed by atoms with Crippen molar-refractivity contribution in [3.8, 4) is 11.8 Å².